The molecule has 2 aromatic rings. The molecule has 0 spiro atoms. The molecule has 1 aromatic carbocycles. The molecule has 0 amide bonds. The summed E-state index contributed by atoms with van der Waals surface area (Å²) in [7, 11) is 0. The molecule has 0 fully saturated rings. The number of aromatic nitrogens is 3. The molecule has 1 atom stereocenters. The summed E-state index contributed by atoms with van der Waals surface area (Å²) in [5.41, 5.74) is 0.769. The number of ether oxygens (including phenoxy) is 1. The Morgan fingerprint density at radius 1 is 1.32 bits per heavy atom. The summed E-state index contributed by atoms with van der Waals surface area (Å²) in [6.45, 7) is -1.43. The zero-order chi connectivity index (χ0) is 15.5. The lowest BCUT2D eigenvalue weighted by atomic mass is 10.1. The summed E-state index contributed by atoms with van der Waals surface area (Å²) in [6.07, 6.45) is 0.595. The Bertz CT molecular complexity index is 630. The number of nitrogens with one attached hydrogen (secondary N) is 1. The second-order valence-corrected chi connectivity index (χ2v) is 5.01. The fourth-order valence-corrected chi connectivity index (χ4v) is 2.63. The first kappa shape index (κ1) is 14.9. The van der Waals surface area contributed by atoms with Crippen LogP contribution in [0.25, 0.3) is 11.4 Å². The predicted octanol–water partition coefficient (Wildman–Crippen LogP) is 1.57. The van der Waals surface area contributed by atoms with E-state index in [9.17, 15) is 13.9 Å². The molecule has 0 saturated heterocycles. The van der Waals surface area contributed by atoms with Crippen molar-refractivity contribution >= 4 is 0 Å². The molecular weight excluding hydrogens is 294 g/mol. The molecule has 1 aliphatic heterocycles. The van der Waals surface area contributed by atoms with Crippen molar-refractivity contribution in [2.24, 2.45) is 0 Å². The number of rotatable bonds is 5. The van der Waals surface area contributed by atoms with E-state index in [1.54, 1.807) is 12.1 Å². The normalized spacial score (nSPS) is 17.5. The zero-order valence-corrected chi connectivity index (χ0v) is 11.7. The minimum absolute atomic E-state index is 0.0655. The van der Waals surface area contributed by atoms with Gasteiger partial charge in [0.05, 0.1) is 12.6 Å². The SMILES string of the molecule is OCCC1CNCc2nnc(-c3ccc(OC(F)F)cc3)n21. The van der Waals surface area contributed by atoms with Gasteiger partial charge in [0.2, 0.25) is 0 Å². The Balaban J connectivity index is 1.90. The Morgan fingerprint density at radius 2 is 2.09 bits per heavy atom. The minimum Gasteiger partial charge on any atom is -0.435 e. The van der Waals surface area contributed by atoms with Gasteiger partial charge in [-0.3, -0.25) is 0 Å². The number of aliphatic hydroxyl groups is 1. The highest BCUT2D eigenvalue weighted by molar-refractivity contribution is 5.57. The number of alkyl halides is 2. The molecule has 22 heavy (non-hydrogen) atoms. The van der Waals surface area contributed by atoms with Crippen LogP contribution in [0, 0.1) is 0 Å². The van der Waals surface area contributed by atoms with E-state index in [-0.39, 0.29) is 18.4 Å². The lowest BCUT2D eigenvalue weighted by Gasteiger charge is -2.26. The predicted molar refractivity (Wildman–Crippen MR) is 74.5 cm³/mol. The van der Waals surface area contributed by atoms with E-state index in [0.717, 1.165) is 17.9 Å². The van der Waals surface area contributed by atoms with Crippen LogP contribution in [0.1, 0.15) is 18.3 Å². The van der Waals surface area contributed by atoms with Crippen LogP contribution in [0.15, 0.2) is 24.3 Å². The van der Waals surface area contributed by atoms with Gasteiger partial charge < -0.3 is 19.7 Å². The monoisotopic (exact) mass is 310 g/mol. The van der Waals surface area contributed by atoms with Gasteiger partial charge in [-0.15, -0.1) is 10.2 Å². The first-order chi connectivity index (χ1) is 10.7. The second kappa shape index (κ2) is 6.37. The summed E-state index contributed by atoms with van der Waals surface area (Å²) in [4.78, 5) is 0. The highest BCUT2D eigenvalue weighted by atomic mass is 19.3. The van der Waals surface area contributed by atoms with Gasteiger partial charge in [-0.2, -0.15) is 8.78 Å². The van der Waals surface area contributed by atoms with Crippen LogP contribution in [0.4, 0.5) is 8.78 Å². The molecule has 6 nitrogen and oxygen atoms in total. The van der Waals surface area contributed by atoms with Crippen molar-refractivity contribution in [3.63, 3.8) is 0 Å². The average molecular weight is 310 g/mol. The zero-order valence-electron chi connectivity index (χ0n) is 11.7. The molecule has 118 valence electrons. The molecule has 0 radical (unpaired) electrons. The van der Waals surface area contributed by atoms with Gasteiger partial charge in [-0.05, 0) is 30.7 Å². The molecular formula is C14H16F2N4O2. The van der Waals surface area contributed by atoms with Crippen LogP contribution in [0.5, 0.6) is 5.75 Å². The third-order valence-corrected chi connectivity index (χ3v) is 3.59. The van der Waals surface area contributed by atoms with E-state index in [0.29, 0.717) is 18.8 Å². The van der Waals surface area contributed by atoms with Crippen LogP contribution in [-0.2, 0) is 6.54 Å². The third kappa shape index (κ3) is 2.93. The van der Waals surface area contributed by atoms with Gasteiger partial charge in [-0.25, -0.2) is 0 Å². The van der Waals surface area contributed by atoms with E-state index in [1.807, 2.05) is 4.57 Å². The first-order valence-corrected chi connectivity index (χ1v) is 6.99. The summed E-state index contributed by atoms with van der Waals surface area (Å²) < 4.78 is 30.7. The van der Waals surface area contributed by atoms with E-state index in [1.165, 1.54) is 12.1 Å². The highest BCUT2D eigenvalue weighted by Gasteiger charge is 2.24. The summed E-state index contributed by atoms with van der Waals surface area (Å²) in [5, 5.41) is 20.8. The van der Waals surface area contributed by atoms with Crippen molar-refractivity contribution in [3.05, 3.63) is 30.1 Å². The fraction of sp³-hybridized carbons (Fsp3) is 0.429. The number of hydrogen-bond acceptors (Lipinski definition) is 5. The lowest BCUT2D eigenvalue weighted by Crippen LogP contribution is -2.34. The molecule has 0 bridgehead atoms. The van der Waals surface area contributed by atoms with E-state index in [2.05, 4.69) is 20.3 Å². The van der Waals surface area contributed by atoms with Crippen molar-refractivity contribution in [2.75, 3.05) is 13.2 Å². The molecule has 2 heterocycles. The maximum Gasteiger partial charge on any atom is 0.387 e. The maximum atomic E-state index is 12.2. The second-order valence-electron chi connectivity index (χ2n) is 5.01. The Kier molecular flexibility index (Phi) is 4.30. The number of aliphatic hydroxyl groups excluding tert-OH is 1. The molecule has 0 saturated carbocycles. The van der Waals surface area contributed by atoms with Gasteiger partial charge in [-0.1, -0.05) is 0 Å². The van der Waals surface area contributed by atoms with Crippen molar-refractivity contribution in [2.45, 2.75) is 25.6 Å². The molecule has 2 N–H and O–H groups in total. The van der Waals surface area contributed by atoms with E-state index < -0.39 is 6.61 Å². The van der Waals surface area contributed by atoms with Crippen molar-refractivity contribution in [3.8, 4) is 17.1 Å². The number of halogens is 2. The van der Waals surface area contributed by atoms with Crippen LogP contribution < -0.4 is 10.1 Å². The Morgan fingerprint density at radius 3 is 2.77 bits per heavy atom. The van der Waals surface area contributed by atoms with E-state index >= 15 is 0 Å². The fourth-order valence-electron chi connectivity index (χ4n) is 2.63. The van der Waals surface area contributed by atoms with Crippen LogP contribution in [0.3, 0.4) is 0 Å². The highest BCUT2D eigenvalue weighted by Crippen LogP contribution is 2.28. The van der Waals surface area contributed by atoms with Crippen LogP contribution in [0.2, 0.25) is 0 Å². The molecule has 1 aromatic heterocycles. The Hall–Kier alpha value is -2.06. The quantitative estimate of drug-likeness (QED) is 0.877. The summed E-state index contributed by atoms with van der Waals surface area (Å²) >= 11 is 0. The molecule has 3 rings (SSSR count). The van der Waals surface area contributed by atoms with Gasteiger partial charge in [0, 0.05) is 18.7 Å². The first-order valence-electron chi connectivity index (χ1n) is 6.99. The van der Waals surface area contributed by atoms with Gasteiger partial charge in [0.25, 0.3) is 0 Å². The topological polar surface area (TPSA) is 72.2 Å². The van der Waals surface area contributed by atoms with Crippen molar-refractivity contribution in [1.29, 1.82) is 0 Å². The third-order valence-electron chi connectivity index (χ3n) is 3.59. The summed E-state index contributed by atoms with van der Waals surface area (Å²) in [5.74, 6) is 1.57. The molecule has 1 aliphatic rings. The standard InChI is InChI=1S/C14H16F2N4O2/c15-14(16)22-11-3-1-9(2-4-11)13-19-18-12-8-17-7-10(5-6-21)20(12)13/h1-4,10,14,17,21H,5-8H2. The molecule has 0 aliphatic carbocycles. The maximum absolute atomic E-state index is 12.2. The smallest absolute Gasteiger partial charge is 0.387 e. The van der Waals surface area contributed by atoms with E-state index in [4.69, 9.17) is 0 Å². The van der Waals surface area contributed by atoms with Crippen molar-refractivity contribution in [1.82, 2.24) is 20.1 Å². The minimum atomic E-state index is -2.84. The lowest BCUT2D eigenvalue weighted by molar-refractivity contribution is -0.0498. The van der Waals surface area contributed by atoms with Gasteiger partial charge in [0.1, 0.15) is 11.6 Å². The molecule has 1 unspecified atom stereocenters. The van der Waals surface area contributed by atoms with Crippen LogP contribution >= 0.6 is 0 Å². The van der Waals surface area contributed by atoms with Gasteiger partial charge in [0.15, 0.2) is 5.82 Å². The number of benzene rings is 1. The number of fused-ring (bicyclic) bond motifs is 1. The Labute approximate surface area is 125 Å². The molecule has 8 heteroatoms. The largest absolute Gasteiger partial charge is 0.435 e. The van der Waals surface area contributed by atoms with Crippen LogP contribution in [-0.4, -0.2) is 39.6 Å². The van der Waals surface area contributed by atoms with Crippen molar-refractivity contribution < 1.29 is 18.6 Å². The number of hydrogen-bond donors (Lipinski definition) is 2. The van der Waals surface area contributed by atoms with Gasteiger partial charge >= 0.3 is 6.61 Å². The summed E-state index contributed by atoms with van der Waals surface area (Å²) in [6, 6.07) is 6.37. The average Bonchev–Trinajstić information content (AvgIpc) is 2.93. The number of nitrogens with zero attached hydrogens (tertiary/aromatic N) is 3.